The molecule has 0 aliphatic heterocycles. The van der Waals surface area contributed by atoms with Gasteiger partial charge in [-0.3, -0.25) is 4.79 Å². The van der Waals surface area contributed by atoms with E-state index in [1.165, 1.54) is 6.42 Å². The number of hydrogen-bond acceptors (Lipinski definition) is 1. The van der Waals surface area contributed by atoms with Crippen molar-refractivity contribution in [3.8, 4) is 0 Å². The molecule has 0 bridgehead atoms. The van der Waals surface area contributed by atoms with E-state index in [1.807, 2.05) is 0 Å². The molecule has 0 aromatic carbocycles. The highest BCUT2D eigenvalue weighted by atomic mass is 16.1. The molecule has 0 spiro atoms. The van der Waals surface area contributed by atoms with E-state index in [-0.39, 0.29) is 0 Å². The molecule has 2 aliphatic rings. The summed E-state index contributed by atoms with van der Waals surface area (Å²) < 4.78 is 0. The summed E-state index contributed by atoms with van der Waals surface area (Å²) in [5.74, 6) is 2.34. The lowest BCUT2D eigenvalue weighted by Gasteiger charge is -2.14. The molecule has 0 N–H and O–H groups in total. The monoisotopic (exact) mass is 152 g/mol. The molecule has 0 aromatic rings. The molecule has 0 unspecified atom stereocenters. The van der Waals surface area contributed by atoms with Gasteiger partial charge in [-0.2, -0.15) is 0 Å². The highest BCUT2D eigenvalue weighted by Crippen LogP contribution is 2.68. The van der Waals surface area contributed by atoms with Crippen molar-refractivity contribution in [2.45, 2.75) is 33.6 Å². The third-order valence-electron chi connectivity index (χ3n) is 3.94. The third-order valence-corrected chi connectivity index (χ3v) is 3.94. The molecule has 2 saturated carbocycles. The van der Waals surface area contributed by atoms with Crippen molar-refractivity contribution in [3.63, 3.8) is 0 Å². The normalized spacial score (nSPS) is 48.2. The predicted octanol–water partition coefficient (Wildman–Crippen LogP) is 2.26. The van der Waals surface area contributed by atoms with E-state index in [0.717, 1.165) is 12.3 Å². The van der Waals surface area contributed by atoms with E-state index < -0.39 is 0 Å². The highest BCUT2D eigenvalue weighted by Gasteiger charge is 2.64. The fraction of sp³-hybridized carbons (Fsp3) is 0.900. The van der Waals surface area contributed by atoms with Crippen LogP contribution in [0.3, 0.4) is 0 Å². The van der Waals surface area contributed by atoms with Gasteiger partial charge in [0.1, 0.15) is 5.78 Å². The van der Waals surface area contributed by atoms with E-state index in [2.05, 4.69) is 20.8 Å². The van der Waals surface area contributed by atoms with Gasteiger partial charge in [0.05, 0.1) is 0 Å². The molecular formula is C10H16O. The van der Waals surface area contributed by atoms with Gasteiger partial charge in [-0.1, -0.05) is 20.8 Å². The van der Waals surface area contributed by atoms with Crippen LogP contribution in [0.25, 0.3) is 0 Å². The van der Waals surface area contributed by atoms with E-state index in [4.69, 9.17) is 0 Å². The Morgan fingerprint density at radius 1 is 1.55 bits per heavy atom. The zero-order valence-electron chi connectivity index (χ0n) is 7.55. The summed E-state index contributed by atoms with van der Waals surface area (Å²) in [5.41, 5.74) is 0.455. The standard InChI is InChI=1S/C10H16O/c1-6(2)10-4-8(10)7(3)9(11)5-10/h6-8H,4-5H2,1-3H3/t7-,8+,10+/m0/s1. The maximum absolute atomic E-state index is 11.3. The van der Waals surface area contributed by atoms with Crippen LogP contribution in [-0.2, 0) is 4.79 Å². The molecule has 2 fully saturated rings. The number of Topliss-reactive ketones (excluding diaryl/α,β-unsaturated/α-hetero) is 1. The molecule has 1 heteroatoms. The van der Waals surface area contributed by atoms with Crippen LogP contribution in [-0.4, -0.2) is 5.78 Å². The summed E-state index contributed by atoms with van der Waals surface area (Å²) in [6.45, 7) is 6.61. The van der Waals surface area contributed by atoms with Gasteiger partial charge < -0.3 is 0 Å². The van der Waals surface area contributed by atoms with Gasteiger partial charge in [-0.25, -0.2) is 0 Å². The predicted molar refractivity (Wildman–Crippen MR) is 44.2 cm³/mol. The minimum Gasteiger partial charge on any atom is -0.299 e. The van der Waals surface area contributed by atoms with Gasteiger partial charge in [-0.05, 0) is 23.7 Å². The number of carbonyl (C=O) groups excluding carboxylic acids is 1. The van der Waals surface area contributed by atoms with Crippen LogP contribution in [0.4, 0.5) is 0 Å². The lowest BCUT2D eigenvalue weighted by Crippen LogP contribution is -2.10. The first-order valence-electron chi connectivity index (χ1n) is 4.60. The van der Waals surface area contributed by atoms with Gasteiger partial charge >= 0.3 is 0 Å². The molecule has 0 aromatic heterocycles. The molecule has 1 nitrogen and oxygen atoms in total. The quantitative estimate of drug-likeness (QED) is 0.563. The Bertz CT molecular complexity index is 207. The second-order valence-electron chi connectivity index (χ2n) is 4.63. The average Bonchev–Trinajstić information content (AvgIpc) is 2.57. The molecule has 2 aliphatic carbocycles. The minimum absolute atomic E-state index is 0.373. The first kappa shape index (κ1) is 7.33. The second-order valence-corrected chi connectivity index (χ2v) is 4.63. The van der Waals surface area contributed by atoms with E-state index in [0.29, 0.717) is 23.0 Å². The second kappa shape index (κ2) is 1.88. The van der Waals surface area contributed by atoms with Crippen LogP contribution in [0.15, 0.2) is 0 Å². The summed E-state index contributed by atoms with van der Waals surface area (Å²) in [6.07, 6.45) is 2.19. The largest absolute Gasteiger partial charge is 0.299 e. The van der Waals surface area contributed by atoms with Crippen molar-refractivity contribution in [2.75, 3.05) is 0 Å². The summed E-state index contributed by atoms with van der Waals surface area (Å²) in [7, 11) is 0. The summed E-state index contributed by atoms with van der Waals surface area (Å²) in [5, 5.41) is 0. The fourth-order valence-corrected chi connectivity index (χ4v) is 2.81. The lowest BCUT2D eigenvalue weighted by atomic mass is 9.90. The summed E-state index contributed by atoms with van der Waals surface area (Å²) in [4.78, 5) is 11.3. The SMILES string of the molecule is CC(C)[C@@]12CC(=O)[C@@H](C)[C@H]1C2. The first-order valence-corrected chi connectivity index (χ1v) is 4.60. The van der Waals surface area contributed by atoms with Crippen LogP contribution < -0.4 is 0 Å². The van der Waals surface area contributed by atoms with Crippen LogP contribution in [0.1, 0.15) is 33.6 Å². The lowest BCUT2D eigenvalue weighted by molar-refractivity contribution is -0.121. The van der Waals surface area contributed by atoms with Gasteiger partial charge in [0, 0.05) is 12.3 Å². The Labute approximate surface area is 68.2 Å². The molecule has 11 heavy (non-hydrogen) atoms. The smallest absolute Gasteiger partial charge is 0.136 e. The topological polar surface area (TPSA) is 17.1 Å². The maximum Gasteiger partial charge on any atom is 0.136 e. The Morgan fingerprint density at radius 3 is 2.45 bits per heavy atom. The zero-order chi connectivity index (χ0) is 8.22. The molecule has 2 rings (SSSR count). The number of fused-ring (bicyclic) bond motifs is 1. The van der Waals surface area contributed by atoms with Gasteiger partial charge in [0.2, 0.25) is 0 Å². The molecule has 0 radical (unpaired) electrons. The van der Waals surface area contributed by atoms with E-state index in [1.54, 1.807) is 0 Å². The Hall–Kier alpha value is -0.330. The number of hydrogen-bond donors (Lipinski definition) is 0. The number of rotatable bonds is 1. The van der Waals surface area contributed by atoms with E-state index in [9.17, 15) is 4.79 Å². The number of carbonyl (C=O) groups is 1. The van der Waals surface area contributed by atoms with Crippen LogP contribution in [0, 0.1) is 23.2 Å². The van der Waals surface area contributed by atoms with E-state index >= 15 is 0 Å². The average molecular weight is 152 g/mol. The summed E-state index contributed by atoms with van der Waals surface area (Å²) in [6, 6.07) is 0. The Kier molecular flexibility index (Phi) is 1.25. The summed E-state index contributed by atoms with van der Waals surface area (Å²) >= 11 is 0. The zero-order valence-corrected chi connectivity index (χ0v) is 7.55. The van der Waals surface area contributed by atoms with Crippen molar-refractivity contribution in [2.24, 2.45) is 23.2 Å². The van der Waals surface area contributed by atoms with Crippen molar-refractivity contribution < 1.29 is 4.79 Å². The van der Waals surface area contributed by atoms with Crippen molar-refractivity contribution in [3.05, 3.63) is 0 Å². The first-order chi connectivity index (χ1) is 5.08. The fourth-order valence-electron chi connectivity index (χ4n) is 2.81. The van der Waals surface area contributed by atoms with Gasteiger partial charge in [-0.15, -0.1) is 0 Å². The third kappa shape index (κ3) is 0.743. The van der Waals surface area contributed by atoms with Gasteiger partial charge in [0.15, 0.2) is 0 Å². The van der Waals surface area contributed by atoms with Crippen LogP contribution in [0.2, 0.25) is 0 Å². The molecule has 0 amide bonds. The highest BCUT2D eigenvalue weighted by molar-refractivity contribution is 5.86. The van der Waals surface area contributed by atoms with Crippen molar-refractivity contribution in [1.82, 2.24) is 0 Å². The van der Waals surface area contributed by atoms with Gasteiger partial charge in [0.25, 0.3) is 0 Å². The molecule has 62 valence electrons. The maximum atomic E-state index is 11.3. The Morgan fingerprint density at radius 2 is 2.18 bits per heavy atom. The molecular weight excluding hydrogens is 136 g/mol. The number of ketones is 1. The van der Waals surface area contributed by atoms with Crippen molar-refractivity contribution >= 4 is 5.78 Å². The van der Waals surface area contributed by atoms with Crippen molar-refractivity contribution in [1.29, 1.82) is 0 Å². The van der Waals surface area contributed by atoms with Crippen LogP contribution in [0.5, 0.6) is 0 Å². The van der Waals surface area contributed by atoms with Crippen LogP contribution >= 0.6 is 0 Å². The molecule has 0 heterocycles. The minimum atomic E-state index is 0.373. The molecule has 3 atom stereocenters. The molecule has 0 saturated heterocycles. The Balaban J connectivity index is 2.20.